The van der Waals surface area contributed by atoms with Gasteiger partial charge in [0.15, 0.2) is 0 Å². The Bertz CT molecular complexity index is 697. The van der Waals surface area contributed by atoms with E-state index in [9.17, 15) is 4.79 Å². The molecule has 1 aliphatic rings. The van der Waals surface area contributed by atoms with Gasteiger partial charge in [-0.05, 0) is 36.6 Å². The van der Waals surface area contributed by atoms with Crippen molar-refractivity contribution in [2.24, 2.45) is 0 Å². The summed E-state index contributed by atoms with van der Waals surface area (Å²) in [5.41, 5.74) is 2.95. The lowest BCUT2D eigenvalue weighted by molar-refractivity contribution is 0.188. The van der Waals surface area contributed by atoms with E-state index >= 15 is 0 Å². The number of fused-ring (bicyclic) bond motifs is 1. The fourth-order valence-corrected chi connectivity index (χ4v) is 3.34. The summed E-state index contributed by atoms with van der Waals surface area (Å²) in [5.74, 6) is 0. The van der Waals surface area contributed by atoms with Gasteiger partial charge in [-0.25, -0.2) is 4.79 Å². The molecule has 2 amide bonds. The molecule has 0 spiro atoms. The molecular formula is C17H16Cl2N2O. The molecule has 1 N–H and O–H groups in total. The molecule has 114 valence electrons. The third-order valence-corrected chi connectivity index (χ3v) is 4.68. The number of nitrogens with one attached hydrogen (secondary N) is 1. The Kier molecular flexibility index (Phi) is 4.27. The third kappa shape index (κ3) is 2.79. The Morgan fingerprint density at radius 1 is 1.14 bits per heavy atom. The third-order valence-electron chi connectivity index (χ3n) is 4.05. The molecule has 0 aromatic heterocycles. The van der Waals surface area contributed by atoms with E-state index in [0.717, 1.165) is 6.42 Å². The highest BCUT2D eigenvalue weighted by molar-refractivity contribution is 6.39. The van der Waals surface area contributed by atoms with Crippen LogP contribution in [-0.2, 0) is 6.42 Å². The van der Waals surface area contributed by atoms with Gasteiger partial charge in [0.25, 0.3) is 0 Å². The van der Waals surface area contributed by atoms with E-state index in [4.69, 9.17) is 23.2 Å². The van der Waals surface area contributed by atoms with Crippen LogP contribution in [0, 0.1) is 0 Å². The quantitative estimate of drug-likeness (QED) is 0.768. The summed E-state index contributed by atoms with van der Waals surface area (Å²) in [6, 6.07) is 13.2. The molecular weight excluding hydrogens is 319 g/mol. The van der Waals surface area contributed by atoms with Gasteiger partial charge in [0.2, 0.25) is 0 Å². The second kappa shape index (κ2) is 6.19. The molecule has 1 heterocycles. The Labute approximate surface area is 139 Å². The van der Waals surface area contributed by atoms with Crippen molar-refractivity contribution in [3.63, 3.8) is 0 Å². The summed E-state index contributed by atoms with van der Waals surface area (Å²) in [7, 11) is 0. The van der Waals surface area contributed by atoms with Gasteiger partial charge in [-0.1, -0.05) is 53.5 Å². The lowest BCUT2D eigenvalue weighted by atomic mass is 9.94. The Morgan fingerprint density at radius 3 is 2.55 bits per heavy atom. The molecule has 1 atom stereocenters. The van der Waals surface area contributed by atoms with Crippen LogP contribution in [0.4, 0.5) is 10.5 Å². The summed E-state index contributed by atoms with van der Waals surface area (Å²) in [6.45, 7) is 2.71. The molecule has 0 unspecified atom stereocenters. The van der Waals surface area contributed by atoms with E-state index in [-0.39, 0.29) is 12.1 Å². The van der Waals surface area contributed by atoms with E-state index in [1.54, 1.807) is 18.2 Å². The smallest absolute Gasteiger partial charge is 0.317 e. The maximum atomic E-state index is 12.6. The van der Waals surface area contributed by atoms with Crippen molar-refractivity contribution in [1.29, 1.82) is 0 Å². The minimum Gasteiger partial charge on any atom is -0.317 e. The van der Waals surface area contributed by atoms with Crippen LogP contribution in [0.3, 0.4) is 0 Å². The number of halogens is 2. The van der Waals surface area contributed by atoms with Crippen molar-refractivity contribution < 1.29 is 4.79 Å². The molecule has 0 radical (unpaired) electrons. The van der Waals surface area contributed by atoms with Crippen molar-refractivity contribution in [3.8, 4) is 0 Å². The predicted molar refractivity (Wildman–Crippen MR) is 90.7 cm³/mol. The van der Waals surface area contributed by atoms with Crippen LogP contribution in [-0.4, -0.2) is 17.5 Å². The van der Waals surface area contributed by atoms with Gasteiger partial charge < -0.3 is 10.2 Å². The minimum absolute atomic E-state index is 0.0196. The van der Waals surface area contributed by atoms with E-state index in [1.165, 1.54) is 11.1 Å². The zero-order valence-electron chi connectivity index (χ0n) is 12.1. The van der Waals surface area contributed by atoms with Crippen molar-refractivity contribution >= 4 is 34.9 Å². The molecule has 0 saturated carbocycles. The summed E-state index contributed by atoms with van der Waals surface area (Å²) >= 11 is 12.2. The number of rotatable bonds is 1. The first-order chi connectivity index (χ1) is 10.6. The number of para-hydroxylation sites is 1. The summed E-state index contributed by atoms with van der Waals surface area (Å²) < 4.78 is 0. The fraction of sp³-hybridized carbons (Fsp3) is 0.235. The monoisotopic (exact) mass is 334 g/mol. The number of anilines is 1. The first-order valence-electron chi connectivity index (χ1n) is 7.17. The highest BCUT2D eigenvalue weighted by Gasteiger charge is 2.27. The van der Waals surface area contributed by atoms with E-state index in [0.29, 0.717) is 22.3 Å². The molecule has 0 fully saturated rings. The maximum absolute atomic E-state index is 12.6. The number of nitrogens with zero attached hydrogens (tertiary/aromatic N) is 1. The summed E-state index contributed by atoms with van der Waals surface area (Å²) in [6.07, 6.45) is 0.851. The molecule has 2 aromatic carbocycles. The average molecular weight is 335 g/mol. The van der Waals surface area contributed by atoms with Gasteiger partial charge in [-0.3, -0.25) is 0 Å². The predicted octanol–water partition coefficient (Wildman–Crippen LogP) is 5.14. The van der Waals surface area contributed by atoms with Crippen LogP contribution in [0.5, 0.6) is 0 Å². The second-order valence-corrected chi connectivity index (χ2v) is 6.16. The number of benzene rings is 2. The van der Waals surface area contributed by atoms with Crippen molar-refractivity contribution in [1.82, 2.24) is 4.90 Å². The maximum Gasteiger partial charge on any atom is 0.322 e. The van der Waals surface area contributed by atoms with Gasteiger partial charge >= 0.3 is 6.03 Å². The Morgan fingerprint density at radius 2 is 1.82 bits per heavy atom. The lowest BCUT2D eigenvalue weighted by Gasteiger charge is -2.35. The molecule has 1 aliphatic heterocycles. The molecule has 3 rings (SSSR count). The van der Waals surface area contributed by atoms with Gasteiger partial charge in [0.1, 0.15) is 0 Å². The van der Waals surface area contributed by atoms with E-state index < -0.39 is 0 Å². The number of hydrogen-bond donors (Lipinski definition) is 1. The van der Waals surface area contributed by atoms with Gasteiger partial charge in [0, 0.05) is 6.54 Å². The van der Waals surface area contributed by atoms with Crippen LogP contribution in [0.1, 0.15) is 24.1 Å². The van der Waals surface area contributed by atoms with Crippen molar-refractivity contribution in [2.75, 3.05) is 11.9 Å². The fourth-order valence-electron chi connectivity index (χ4n) is 2.85. The van der Waals surface area contributed by atoms with Gasteiger partial charge in [-0.2, -0.15) is 0 Å². The Balaban J connectivity index is 1.82. The van der Waals surface area contributed by atoms with Crippen LogP contribution >= 0.6 is 23.2 Å². The minimum atomic E-state index is -0.183. The molecule has 0 bridgehead atoms. The molecule has 22 heavy (non-hydrogen) atoms. The standard InChI is InChI=1S/C17H16Cl2N2O/c1-11-13-6-3-2-5-12(13)9-10-21(11)17(22)20-16-14(18)7-4-8-15(16)19/h2-8,11H,9-10H2,1H3,(H,20,22)/t11-/m0/s1. The summed E-state index contributed by atoms with van der Waals surface area (Å²) in [4.78, 5) is 14.4. The number of carbonyl (C=O) groups excluding carboxylic acids is 1. The first kappa shape index (κ1) is 15.2. The van der Waals surface area contributed by atoms with Crippen molar-refractivity contribution in [2.45, 2.75) is 19.4 Å². The normalized spacial score (nSPS) is 17.0. The van der Waals surface area contributed by atoms with Crippen LogP contribution < -0.4 is 5.32 Å². The van der Waals surface area contributed by atoms with Crippen LogP contribution in [0.2, 0.25) is 10.0 Å². The molecule has 0 aliphatic carbocycles. The van der Waals surface area contributed by atoms with E-state index in [1.807, 2.05) is 24.0 Å². The second-order valence-electron chi connectivity index (χ2n) is 5.34. The largest absolute Gasteiger partial charge is 0.322 e. The highest BCUT2D eigenvalue weighted by atomic mass is 35.5. The van der Waals surface area contributed by atoms with Crippen LogP contribution in [0.25, 0.3) is 0 Å². The molecule has 5 heteroatoms. The molecule has 2 aromatic rings. The van der Waals surface area contributed by atoms with Crippen molar-refractivity contribution in [3.05, 3.63) is 63.6 Å². The number of hydrogen-bond acceptors (Lipinski definition) is 1. The number of urea groups is 1. The number of amides is 2. The molecule has 0 saturated heterocycles. The van der Waals surface area contributed by atoms with Gasteiger partial charge in [0.05, 0.1) is 21.8 Å². The number of carbonyl (C=O) groups is 1. The zero-order valence-corrected chi connectivity index (χ0v) is 13.7. The van der Waals surface area contributed by atoms with Crippen LogP contribution in [0.15, 0.2) is 42.5 Å². The lowest BCUT2D eigenvalue weighted by Crippen LogP contribution is -2.41. The average Bonchev–Trinajstić information content (AvgIpc) is 2.51. The first-order valence-corrected chi connectivity index (χ1v) is 7.93. The molecule has 3 nitrogen and oxygen atoms in total. The zero-order chi connectivity index (χ0) is 15.7. The Hall–Kier alpha value is -1.71. The highest BCUT2D eigenvalue weighted by Crippen LogP contribution is 2.33. The summed E-state index contributed by atoms with van der Waals surface area (Å²) in [5, 5.41) is 3.70. The SMILES string of the molecule is C[C@H]1c2ccccc2CCN1C(=O)Nc1c(Cl)cccc1Cl. The van der Waals surface area contributed by atoms with Gasteiger partial charge in [-0.15, -0.1) is 0 Å². The van der Waals surface area contributed by atoms with E-state index in [2.05, 4.69) is 17.4 Å². The topological polar surface area (TPSA) is 32.3 Å².